The second-order valence-corrected chi connectivity index (χ2v) is 5.26. The summed E-state index contributed by atoms with van der Waals surface area (Å²) in [5, 5.41) is 11.2. The van der Waals surface area contributed by atoms with E-state index >= 15 is 0 Å². The Morgan fingerprint density at radius 1 is 1.43 bits per heavy atom. The minimum Gasteiger partial charge on any atom is -0.482 e. The van der Waals surface area contributed by atoms with Gasteiger partial charge < -0.3 is 14.5 Å². The van der Waals surface area contributed by atoms with E-state index in [1.807, 2.05) is 19.1 Å². The molecule has 0 atom stereocenters. The predicted molar refractivity (Wildman–Crippen MR) is 79.5 cm³/mol. The van der Waals surface area contributed by atoms with Crippen molar-refractivity contribution in [2.45, 2.75) is 18.8 Å². The molecule has 0 radical (unpaired) electrons. The minimum atomic E-state index is -0.0745. The fourth-order valence-corrected chi connectivity index (χ4v) is 2.23. The number of halogens is 1. The second kappa shape index (κ2) is 7.90. The van der Waals surface area contributed by atoms with E-state index in [0.717, 1.165) is 0 Å². The molecule has 0 aliphatic carbocycles. The van der Waals surface area contributed by atoms with Gasteiger partial charge in [0.15, 0.2) is 6.61 Å². The average Bonchev–Trinajstić information content (AvgIpc) is 2.93. The molecule has 1 N–H and O–H groups in total. The number of aromatic nitrogens is 2. The van der Waals surface area contributed by atoms with Crippen LogP contribution in [0.4, 0.5) is 0 Å². The summed E-state index contributed by atoms with van der Waals surface area (Å²) in [5.41, 5.74) is 0. The molecule has 1 amide bonds. The monoisotopic (exact) mass is 327 g/mol. The van der Waals surface area contributed by atoms with E-state index in [2.05, 4.69) is 15.5 Å². The zero-order chi connectivity index (χ0) is 15.1. The number of hydrogen-bond acceptors (Lipinski definition) is 6. The molecule has 0 bridgehead atoms. The molecule has 0 aliphatic rings. The molecule has 1 aromatic heterocycles. The van der Waals surface area contributed by atoms with Crippen molar-refractivity contribution in [3.63, 3.8) is 0 Å². The number of amides is 1. The van der Waals surface area contributed by atoms with Crippen LogP contribution in [0.25, 0.3) is 0 Å². The lowest BCUT2D eigenvalue weighted by Gasteiger charge is -2.04. The number of carbonyl (C=O) groups is 1. The minimum absolute atomic E-state index is 0.0745. The van der Waals surface area contributed by atoms with Crippen LogP contribution in [0, 0.1) is 0 Å². The number of carbonyl (C=O) groups excluding carboxylic acids is 1. The van der Waals surface area contributed by atoms with Crippen molar-refractivity contribution in [3.05, 3.63) is 35.2 Å². The number of ether oxygens (including phenoxy) is 1. The van der Waals surface area contributed by atoms with E-state index in [4.69, 9.17) is 20.8 Å². The molecule has 0 aliphatic heterocycles. The lowest BCUT2D eigenvalue weighted by atomic mass is 10.3. The Labute approximate surface area is 131 Å². The molecule has 0 spiro atoms. The predicted octanol–water partition coefficient (Wildman–Crippen LogP) is 2.53. The van der Waals surface area contributed by atoms with Crippen molar-refractivity contribution >= 4 is 29.3 Å². The van der Waals surface area contributed by atoms with Gasteiger partial charge in [0, 0.05) is 6.54 Å². The second-order valence-electron chi connectivity index (χ2n) is 3.92. The van der Waals surface area contributed by atoms with Crippen LogP contribution in [0.3, 0.4) is 0 Å². The number of rotatable bonds is 7. The SMILES string of the molecule is CCNC(=O)CSc1nnc(COc2ccccc2Cl)o1. The first-order valence-corrected chi connectivity index (χ1v) is 7.64. The third-order valence-electron chi connectivity index (χ3n) is 2.34. The Bertz CT molecular complexity index is 606. The summed E-state index contributed by atoms with van der Waals surface area (Å²) in [6, 6.07) is 7.13. The largest absolute Gasteiger partial charge is 0.482 e. The zero-order valence-corrected chi connectivity index (χ0v) is 12.9. The Balaban J connectivity index is 1.83. The number of para-hydroxylation sites is 1. The van der Waals surface area contributed by atoms with Crippen molar-refractivity contribution in [1.82, 2.24) is 15.5 Å². The molecule has 0 saturated heterocycles. The van der Waals surface area contributed by atoms with Gasteiger partial charge in [0.25, 0.3) is 11.1 Å². The van der Waals surface area contributed by atoms with Gasteiger partial charge in [-0.2, -0.15) is 0 Å². The summed E-state index contributed by atoms with van der Waals surface area (Å²) in [6.45, 7) is 2.58. The van der Waals surface area contributed by atoms with Crippen LogP contribution in [0.5, 0.6) is 5.75 Å². The highest BCUT2D eigenvalue weighted by molar-refractivity contribution is 7.99. The van der Waals surface area contributed by atoms with Crippen molar-refractivity contribution < 1.29 is 13.9 Å². The first kappa shape index (κ1) is 15.7. The van der Waals surface area contributed by atoms with Gasteiger partial charge >= 0.3 is 0 Å². The highest BCUT2D eigenvalue weighted by Crippen LogP contribution is 2.24. The third kappa shape index (κ3) is 4.95. The molecule has 8 heteroatoms. The molecule has 1 heterocycles. The highest BCUT2D eigenvalue weighted by atomic mass is 35.5. The number of hydrogen-bond donors (Lipinski definition) is 1. The molecular formula is C13H14ClN3O3S. The summed E-state index contributed by atoms with van der Waals surface area (Å²) < 4.78 is 10.9. The van der Waals surface area contributed by atoms with E-state index in [1.165, 1.54) is 11.8 Å². The Morgan fingerprint density at radius 2 is 2.24 bits per heavy atom. The van der Waals surface area contributed by atoms with Crippen LogP contribution in [0.2, 0.25) is 5.02 Å². The van der Waals surface area contributed by atoms with Crippen LogP contribution < -0.4 is 10.1 Å². The van der Waals surface area contributed by atoms with Crippen molar-refractivity contribution in [3.8, 4) is 5.75 Å². The van der Waals surface area contributed by atoms with Crippen LogP contribution in [0.1, 0.15) is 12.8 Å². The third-order valence-corrected chi connectivity index (χ3v) is 3.47. The van der Waals surface area contributed by atoms with Gasteiger partial charge in [0.2, 0.25) is 5.91 Å². The first-order chi connectivity index (χ1) is 10.2. The van der Waals surface area contributed by atoms with Crippen LogP contribution in [0.15, 0.2) is 33.9 Å². The summed E-state index contributed by atoms with van der Waals surface area (Å²) in [5.74, 6) is 1.04. The standard InChI is InChI=1S/C13H14ClN3O3S/c1-2-15-11(18)8-21-13-17-16-12(20-13)7-19-10-6-4-3-5-9(10)14/h3-6H,2,7-8H2,1H3,(H,15,18). The topological polar surface area (TPSA) is 77.2 Å². The Morgan fingerprint density at radius 3 is 3.00 bits per heavy atom. The quantitative estimate of drug-likeness (QED) is 0.787. The maximum absolute atomic E-state index is 11.3. The summed E-state index contributed by atoms with van der Waals surface area (Å²) in [4.78, 5) is 11.3. The van der Waals surface area contributed by atoms with Crippen molar-refractivity contribution in [1.29, 1.82) is 0 Å². The molecule has 2 rings (SSSR count). The number of nitrogens with one attached hydrogen (secondary N) is 1. The molecule has 112 valence electrons. The fourth-order valence-electron chi connectivity index (χ4n) is 1.43. The van der Waals surface area contributed by atoms with E-state index < -0.39 is 0 Å². The van der Waals surface area contributed by atoms with Crippen LogP contribution in [-0.2, 0) is 11.4 Å². The average molecular weight is 328 g/mol. The van der Waals surface area contributed by atoms with Gasteiger partial charge in [-0.15, -0.1) is 10.2 Å². The normalized spacial score (nSPS) is 10.4. The number of benzene rings is 1. The number of nitrogens with zero attached hydrogens (tertiary/aromatic N) is 2. The van der Waals surface area contributed by atoms with Crippen LogP contribution in [-0.4, -0.2) is 28.4 Å². The van der Waals surface area contributed by atoms with Gasteiger partial charge in [-0.05, 0) is 19.1 Å². The fraction of sp³-hybridized carbons (Fsp3) is 0.308. The van der Waals surface area contributed by atoms with Crippen molar-refractivity contribution in [2.24, 2.45) is 0 Å². The number of thioether (sulfide) groups is 1. The zero-order valence-electron chi connectivity index (χ0n) is 11.3. The maximum atomic E-state index is 11.3. The van der Waals surface area contributed by atoms with Crippen LogP contribution >= 0.6 is 23.4 Å². The van der Waals surface area contributed by atoms with Crippen molar-refractivity contribution in [2.75, 3.05) is 12.3 Å². The van der Waals surface area contributed by atoms with E-state index in [1.54, 1.807) is 12.1 Å². The molecule has 21 heavy (non-hydrogen) atoms. The molecule has 2 aromatic rings. The lowest BCUT2D eigenvalue weighted by molar-refractivity contribution is -0.118. The lowest BCUT2D eigenvalue weighted by Crippen LogP contribution is -2.24. The molecule has 6 nitrogen and oxygen atoms in total. The van der Waals surface area contributed by atoms with Gasteiger partial charge in [-0.1, -0.05) is 35.5 Å². The summed E-state index contributed by atoms with van der Waals surface area (Å²) in [6.07, 6.45) is 0. The molecule has 0 unspecified atom stereocenters. The molecule has 1 aromatic carbocycles. The Hall–Kier alpha value is -1.73. The van der Waals surface area contributed by atoms with E-state index in [9.17, 15) is 4.79 Å². The Kier molecular flexibility index (Phi) is 5.89. The highest BCUT2D eigenvalue weighted by Gasteiger charge is 2.10. The first-order valence-electron chi connectivity index (χ1n) is 6.28. The van der Waals surface area contributed by atoms with Gasteiger partial charge in [-0.25, -0.2) is 0 Å². The molecular weight excluding hydrogens is 314 g/mol. The van der Waals surface area contributed by atoms with Gasteiger partial charge in [-0.3, -0.25) is 4.79 Å². The molecule has 0 saturated carbocycles. The van der Waals surface area contributed by atoms with Gasteiger partial charge in [0.05, 0.1) is 10.8 Å². The summed E-state index contributed by atoms with van der Waals surface area (Å²) in [7, 11) is 0. The van der Waals surface area contributed by atoms with E-state index in [-0.39, 0.29) is 18.3 Å². The molecule has 0 fully saturated rings. The van der Waals surface area contributed by atoms with Gasteiger partial charge in [0.1, 0.15) is 5.75 Å². The van der Waals surface area contributed by atoms with E-state index in [0.29, 0.717) is 28.4 Å². The maximum Gasteiger partial charge on any atom is 0.277 e. The summed E-state index contributed by atoms with van der Waals surface area (Å²) >= 11 is 7.15. The smallest absolute Gasteiger partial charge is 0.277 e.